The van der Waals surface area contributed by atoms with Crippen molar-refractivity contribution in [2.75, 3.05) is 24.3 Å². The van der Waals surface area contributed by atoms with Crippen LogP contribution in [0.1, 0.15) is 78.8 Å². The lowest BCUT2D eigenvalue weighted by molar-refractivity contribution is 0.0216. The van der Waals surface area contributed by atoms with Gasteiger partial charge in [-0.25, -0.2) is 24.2 Å². The summed E-state index contributed by atoms with van der Waals surface area (Å²) in [5, 5.41) is 2.77. The Bertz CT molecular complexity index is 1380. The first kappa shape index (κ1) is 27.6. The Hall–Kier alpha value is -4.41. The van der Waals surface area contributed by atoms with Gasteiger partial charge in [0.1, 0.15) is 17.1 Å². The molecule has 11 nitrogen and oxygen atoms in total. The van der Waals surface area contributed by atoms with Crippen LogP contribution in [0.25, 0.3) is 11.3 Å². The van der Waals surface area contributed by atoms with E-state index < -0.39 is 23.7 Å². The van der Waals surface area contributed by atoms with Crippen LogP contribution in [0.3, 0.4) is 0 Å². The minimum absolute atomic E-state index is 0.0593. The Labute approximate surface area is 227 Å². The fourth-order valence-corrected chi connectivity index (χ4v) is 4.43. The van der Waals surface area contributed by atoms with E-state index in [1.807, 2.05) is 13.0 Å². The van der Waals surface area contributed by atoms with Gasteiger partial charge in [0.2, 0.25) is 0 Å². The summed E-state index contributed by atoms with van der Waals surface area (Å²) in [4.78, 5) is 49.1. The highest BCUT2D eigenvalue weighted by atomic mass is 16.6. The molecule has 0 spiro atoms. The third-order valence-electron chi connectivity index (χ3n) is 6.16. The molecule has 3 N–H and O–H groups in total. The van der Waals surface area contributed by atoms with Gasteiger partial charge in [-0.3, -0.25) is 9.69 Å². The molecule has 1 aromatic carbocycles. The zero-order chi connectivity index (χ0) is 28.3. The largest absolute Gasteiger partial charge is 0.461 e. The SMILES string of the molecule is CCOC(=O)c1c(-c2ccc(C(=O)Nc3cc(C)ccn3)cc2)nc(C2CCCN2C(=O)OC(C)(C)C)n1N. The highest BCUT2D eigenvalue weighted by molar-refractivity contribution is 6.04. The fourth-order valence-electron chi connectivity index (χ4n) is 4.43. The average Bonchev–Trinajstić information content (AvgIpc) is 3.48. The summed E-state index contributed by atoms with van der Waals surface area (Å²) in [5.41, 5.74) is 1.64. The third-order valence-corrected chi connectivity index (χ3v) is 6.16. The van der Waals surface area contributed by atoms with E-state index in [1.54, 1.807) is 69.1 Å². The fraction of sp³-hybridized carbons (Fsp3) is 0.393. The average molecular weight is 535 g/mol. The number of nitrogens with two attached hydrogens (primary N) is 1. The molecule has 1 aliphatic rings. The van der Waals surface area contributed by atoms with Crippen molar-refractivity contribution in [2.24, 2.45) is 0 Å². The van der Waals surface area contributed by atoms with Crippen LogP contribution in [0.4, 0.5) is 10.6 Å². The first-order valence-electron chi connectivity index (χ1n) is 12.9. The summed E-state index contributed by atoms with van der Waals surface area (Å²) >= 11 is 0. The van der Waals surface area contributed by atoms with Crippen LogP contribution < -0.4 is 11.2 Å². The molecule has 0 radical (unpaired) electrons. The van der Waals surface area contributed by atoms with Gasteiger partial charge in [-0.05, 0) is 77.3 Å². The van der Waals surface area contributed by atoms with Crippen molar-refractivity contribution in [3.63, 3.8) is 0 Å². The minimum Gasteiger partial charge on any atom is -0.461 e. The zero-order valence-electron chi connectivity index (χ0n) is 22.9. The van der Waals surface area contributed by atoms with Crippen LogP contribution in [-0.2, 0) is 9.47 Å². The maximum atomic E-state index is 13.0. The number of pyridine rings is 1. The second-order valence-corrected chi connectivity index (χ2v) is 10.3. The van der Waals surface area contributed by atoms with E-state index in [9.17, 15) is 14.4 Å². The van der Waals surface area contributed by atoms with Crippen LogP contribution in [0.15, 0.2) is 42.6 Å². The predicted octanol–water partition coefficient (Wildman–Crippen LogP) is 4.47. The molecule has 1 aliphatic heterocycles. The van der Waals surface area contributed by atoms with Gasteiger partial charge in [-0.15, -0.1) is 0 Å². The van der Waals surface area contributed by atoms with Crippen LogP contribution in [0.2, 0.25) is 0 Å². The summed E-state index contributed by atoms with van der Waals surface area (Å²) in [6, 6.07) is 9.78. The number of carbonyl (C=O) groups is 3. The number of imidazole rings is 1. The Kier molecular flexibility index (Phi) is 7.89. The predicted molar refractivity (Wildman–Crippen MR) is 146 cm³/mol. The lowest BCUT2D eigenvalue weighted by atomic mass is 10.1. The van der Waals surface area contributed by atoms with Crippen molar-refractivity contribution in [3.8, 4) is 11.3 Å². The van der Waals surface area contributed by atoms with E-state index in [-0.39, 0.29) is 18.2 Å². The molecule has 1 saturated heterocycles. The summed E-state index contributed by atoms with van der Waals surface area (Å²) in [7, 11) is 0. The van der Waals surface area contributed by atoms with Crippen molar-refractivity contribution in [3.05, 3.63) is 65.2 Å². The Morgan fingerprint density at radius 2 is 1.87 bits per heavy atom. The first-order chi connectivity index (χ1) is 18.5. The molecular weight excluding hydrogens is 500 g/mol. The molecule has 206 valence electrons. The number of rotatable bonds is 6. The van der Waals surface area contributed by atoms with E-state index in [0.717, 1.165) is 12.0 Å². The van der Waals surface area contributed by atoms with Crippen molar-refractivity contribution in [1.82, 2.24) is 19.5 Å². The normalized spacial score (nSPS) is 15.2. The number of esters is 1. The molecule has 1 unspecified atom stereocenters. The summed E-state index contributed by atoms with van der Waals surface area (Å²) in [6.45, 7) is 9.66. The van der Waals surface area contributed by atoms with E-state index in [2.05, 4.69) is 10.3 Å². The number of ether oxygens (including phenoxy) is 2. The highest BCUT2D eigenvalue weighted by Gasteiger charge is 2.38. The monoisotopic (exact) mass is 534 g/mol. The van der Waals surface area contributed by atoms with Gasteiger partial charge in [0.15, 0.2) is 11.5 Å². The molecule has 0 bridgehead atoms. The Balaban J connectivity index is 1.66. The van der Waals surface area contributed by atoms with Crippen LogP contribution >= 0.6 is 0 Å². The maximum Gasteiger partial charge on any atom is 0.410 e. The van der Waals surface area contributed by atoms with Crippen LogP contribution in [0, 0.1) is 6.92 Å². The van der Waals surface area contributed by atoms with Crippen LogP contribution in [0.5, 0.6) is 0 Å². The number of aromatic nitrogens is 3. The Morgan fingerprint density at radius 1 is 1.15 bits per heavy atom. The van der Waals surface area contributed by atoms with Gasteiger partial charge in [0.05, 0.1) is 12.6 Å². The number of amides is 2. The van der Waals surface area contributed by atoms with Gasteiger partial charge >= 0.3 is 12.1 Å². The second-order valence-electron chi connectivity index (χ2n) is 10.3. The zero-order valence-corrected chi connectivity index (χ0v) is 22.9. The van der Waals surface area contributed by atoms with Crippen molar-refractivity contribution >= 4 is 23.8 Å². The standard InChI is InChI=1S/C28H34N6O5/c1-6-38-26(36)23-22(18-9-11-19(12-10-18)25(35)31-21-16-17(2)13-14-30-21)32-24(34(23)29)20-8-7-15-33(20)27(37)39-28(3,4)5/h9-14,16,20H,6-8,15,29H2,1-5H3,(H,30,31,35). The quantitative estimate of drug-likeness (QED) is 0.349. The van der Waals surface area contributed by atoms with E-state index in [4.69, 9.17) is 20.3 Å². The summed E-state index contributed by atoms with van der Waals surface area (Å²) < 4.78 is 12.0. The van der Waals surface area contributed by atoms with Gasteiger partial charge < -0.3 is 20.6 Å². The smallest absolute Gasteiger partial charge is 0.410 e. The van der Waals surface area contributed by atoms with E-state index in [0.29, 0.717) is 41.4 Å². The lowest BCUT2D eigenvalue weighted by Gasteiger charge is -2.28. The lowest BCUT2D eigenvalue weighted by Crippen LogP contribution is -2.37. The molecule has 2 aromatic heterocycles. The first-order valence-corrected chi connectivity index (χ1v) is 12.9. The number of aryl methyl sites for hydroxylation is 1. The molecule has 0 saturated carbocycles. The summed E-state index contributed by atoms with van der Waals surface area (Å²) in [6.07, 6.45) is 2.51. The number of nitrogens with zero attached hydrogens (tertiary/aromatic N) is 4. The van der Waals surface area contributed by atoms with Gasteiger partial charge in [-0.1, -0.05) is 12.1 Å². The topological polar surface area (TPSA) is 142 Å². The van der Waals surface area contributed by atoms with Crippen LogP contribution in [-0.4, -0.2) is 56.3 Å². The molecule has 4 rings (SSSR count). The molecule has 0 aliphatic carbocycles. The van der Waals surface area contributed by atoms with Gasteiger partial charge in [-0.2, -0.15) is 0 Å². The number of likely N-dealkylation sites (tertiary alicyclic amines) is 1. The molecule has 11 heteroatoms. The number of hydrogen-bond acceptors (Lipinski definition) is 8. The molecule has 2 amide bonds. The second kappa shape index (κ2) is 11.1. The molecule has 3 aromatic rings. The van der Waals surface area contributed by atoms with E-state index in [1.165, 1.54) is 4.68 Å². The molecule has 1 atom stereocenters. The number of nitrogen functional groups attached to an aromatic ring is 1. The third kappa shape index (κ3) is 6.19. The molecular formula is C28H34N6O5. The number of anilines is 1. The highest BCUT2D eigenvalue weighted by Crippen LogP contribution is 2.35. The molecule has 3 heterocycles. The van der Waals surface area contributed by atoms with E-state index >= 15 is 0 Å². The number of hydrogen-bond donors (Lipinski definition) is 2. The minimum atomic E-state index is -0.660. The van der Waals surface area contributed by atoms with Crippen molar-refractivity contribution in [2.45, 2.75) is 59.1 Å². The number of carbonyl (C=O) groups excluding carboxylic acids is 3. The number of nitrogens with one attached hydrogen (secondary N) is 1. The molecule has 1 fully saturated rings. The van der Waals surface area contributed by atoms with Crippen molar-refractivity contribution in [1.29, 1.82) is 0 Å². The number of benzene rings is 1. The maximum absolute atomic E-state index is 13.0. The van der Waals surface area contributed by atoms with Gasteiger partial charge in [0.25, 0.3) is 5.91 Å². The van der Waals surface area contributed by atoms with Gasteiger partial charge in [0, 0.05) is 23.9 Å². The van der Waals surface area contributed by atoms with Crippen molar-refractivity contribution < 1.29 is 23.9 Å². The Morgan fingerprint density at radius 3 is 2.51 bits per heavy atom. The molecule has 39 heavy (non-hydrogen) atoms. The summed E-state index contributed by atoms with van der Waals surface area (Å²) in [5.74, 6) is 6.26.